The molecule has 0 radical (unpaired) electrons. The fraction of sp³-hybridized carbons (Fsp3) is 0.533. The summed E-state index contributed by atoms with van der Waals surface area (Å²) in [6, 6.07) is 5.84. The third kappa shape index (κ3) is 3.14. The van der Waals surface area contributed by atoms with Gasteiger partial charge in [0.05, 0.1) is 0 Å². The molecule has 1 saturated heterocycles. The minimum Gasteiger partial charge on any atom is -0.339 e. The molecule has 0 bridgehead atoms. The van der Waals surface area contributed by atoms with Gasteiger partial charge in [0.15, 0.2) is 0 Å². The molecule has 0 aliphatic carbocycles. The molecule has 1 atom stereocenters. The van der Waals surface area contributed by atoms with E-state index in [-0.39, 0.29) is 5.91 Å². The molecule has 0 aromatic heterocycles. The van der Waals surface area contributed by atoms with Crippen LogP contribution < -0.4 is 0 Å². The van der Waals surface area contributed by atoms with Crippen LogP contribution in [-0.2, 0) is 0 Å². The fourth-order valence-electron chi connectivity index (χ4n) is 2.43. The number of aryl methyl sites for hydroxylation is 1. The summed E-state index contributed by atoms with van der Waals surface area (Å²) in [5.74, 6) is 0.925. The molecule has 1 amide bonds. The highest BCUT2D eigenvalue weighted by molar-refractivity contribution is 9.10. The standard InChI is InChI=1S/C15H20BrNO/c1-11-4-3-8-17(9-7-11)15(18)13-5-6-14(16)12(2)10-13/h5-6,10-11H,3-4,7-9H2,1-2H3. The lowest BCUT2D eigenvalue weighted by molar-refractivity contribution is 0.0760. The van der Waals surface area contributed by atoms with Crippen molar-refractivity contribution in [2.75, 3.05) is 13.1 Å². The molecule has 1 aromatic carbocycles. The van der Waals surface area contributed by atoms with Crippen molar-refractivity contribution in [3.8, 4) is 0 Å². The largest absolute Gasteiger partial charge is 0.339 e. The zero-order valence-corrected chi connectivity index (χ0v) is 12.7. The van der Waals surface area contributed by atoms with Gasteiger partial charge in [-0.25, -0.2) is 0 Å². The van der Waals surface area contributed by atoms with Crippen LogP contribution in [0.1, 0.15) is 42.1 Å². The van der Waals surface area contributed by atoms with Gasteiger partial charge in [0, 0.05) is 23.1 Å². The lowest BCUT2D eigenvalue weighted by Crippen LogP contribution is -2.32. The molecule has 1 fully saturated rings. The molecule has 1 heterocycles. The maximum Gasteiger partial charge on any atom is 0.253 e. The second kappa shape index (κ2) is 5.87. The minimum absolute atomic E-state index is 0.180. The van der Waals surface area contributed by atoms with E-state index in [1.807, 2.05) is 30.0 Å². The summed E-state index contributed by atoms with van der Waals surface area (Å²) < 4.78 is 1.06. The van der Waals surface area contributed by atoms with Crippen molar-refractivity contribution in [2.45, 2.75) is 33.1 Å². The van der Waals surface area contributed by atoms with Gasteiger partial charge in [0.25, 0.3) is 5.91 Å². The van der Waals surface area contributed by atoms with Gasteiger partial charge in [-0.1, -0.05) is 22.9 Å². The first-order valence-corrected chi connectivity index (χ1v) is 7.42. The Morgan fingerprint density at radius 1 is 1.33 bits per heavy atom. The van der Waals surface area contributed by atoms with Gasteiger partial charge in [-0.15, -0.1) is 0 Å². The molecule has 3 heteroatoms. The number of benzene rings is 1. The Hall–Kier alpha value is -0.830. The number of amides is 1. The summed E-state index contributed by atoms with van der Waals surface area (Å²) >= 11 is 3.47. The lowest BCUT2D eigenvalue weighted by atomic mass is 10.0. The Morgan fingerprint density at radius 2 is 2.11 bits per heavy atom. The summed E-state index contributed by atoms with van der Waals surface area (Å²) in [5.41, 5.74) is 1.93. The Morgan fingerprint density at radius 3 is 2.83 bits per heavy atom. The van der Waals surface area contributed by atoms with Gasteiger partial charge < -0.3 is 4.90 Å². The van der Waals surface area contributed by atoms with Crippen LogP contribution in [0.25, 0.3) is 0 Å². The second-order valence-electron chi connectivity index (χ2n) is 5.29. The first-order valence-electron chi connectivity index (χ1n) is 6.63. The Kier molecular flexibility index (Phi) is 4.44. The minimum atomic E-state index is 0.180. The normalized spacial score (nSPS) is 20.6. The summed E-state index contributed by atoms with van der Waals surface area (Å²) in [6.07, 6.45) is 3.49. The molecule has 0 spiro atoms. The van der Waals surface area contributed by atoms with Crippen LogP contribution in [0.2, 0.25) is 0 Å². The van der Waals surface area contributed by atoms with E-state index in [0.717, 1.165) is 47.4 Å². The highest BCUT2D eigenvalue weighted by Gasteiger charge is 2.19. The number of likely N-dealkylation sites (tertiary alicyclic amines) is 1. The van der Waals surface area contributed by atoms with Crippen molar-refractivity contribution in [1.29, 1.82) is 0 Å². The summed E-state index contributed by atoms with van der Waals surface area (Å²) in [4.78, 5) is 14.4. The summed E-state index contributed by atoms with van der Waals surface area (Å²) in [6.45, 7) is 6.09. The van der Waals surface area contributed by atoms with Crippen LogP contribution in [0.3, 0.4) is 0 Å². The Balaban J connectivity index is 2.12. The van der Waals surface area contributed by atoms with Crippen molar-refractivity contribution in [3.63, 3.8) is 0 Å². The molecule has 0 saturated carbocycles. The molecule has 1 unspecified atom stereocenters. The van der Waals surface area contributed by atoms with E-state index < -0.39 is 0 Å². The number of carbonyl (C=O) groups is 1. The maximum absolute atomic E-state index is 12.4. The predicted molar refractivity (Wildman–Crippen MR) is 77.8 cm³/mol. The molecule has 1 aromatic rings. The van der Waals surface area contributed by atoms with E-state index in [0.29, 0.717) is 0 Å². The van der Waals surface area contributed by atoms with Gasteiger partial charge >= 0.3 is 0 Å². The molecule has 2 rings (SSSR count). The zero-order chi connectivity index (χ0) is 13.1. The van der Waals surface area contributed by atoms with Gasteiger partial charge in [-0.05, 0) is 55.9 Å². The van der Waals surface area contributed by atoms with Crippen LogP contribution in [0.4, 0.5) is 0 Å². The van der Waals surface area contributed by atoms with Gasteiger partial charge in [0.1, 0.15) is 0 Å². The number of carbonyl (C=O) groups excluding carboxylic acids is 1. The summed E-state index contributed by atoms with van der Waals surface area (Å²) in [5, 5.41) is 0. The van der Waals surface area contributed by atoms with Crippen molar-refractivity contribution in [2.24, 2.45) is 5.92 Å². The topological polar surface area (TPSA) is 20.3 Å². The van der Waals surface area contributed by atoms with Crippen molar-refractivity contribution < 1.29 is 4.79 Å². The highest BCUT2D eigenvalue weighted by atomic mass is 79.9. The average molecular weight is 310 g/mol. The molecule has 2 nitrogen and oxygen atoms in total. The molecule has 98 valence electrons. The SMILES string of the molecule is Cc1cc(C(=O)N2CCCC(C)CC2)ccc1Br. The smallest absolute Gasteiger partial charge is 0.253 e. The van der Waals surface area contributed by atoms with E-state index in [1.165, 1.54) is 6.42 Å². The number of nitrogens with zero attached hydrogens (tertiary/aromatic N) is 1. The Bertz CT molecular complexity index is 444. The van der Waals surface area contributed by atoms with Crippen LogP contribution in [-0.4, -0.2) is 23.9 Å². The van der Waals surface area contributed by atoms with Crippen molar-refractivity contribution in [3.05, 3.63) is 33.8 Å². The van der Waals surface area contributed by atoms with Crippen LogP contribution >= 0.6 is 15.9 Å². The van der Waals surface area contributed by atoms with Crippen LogP contribution in [0.5, 0.6) is 0 Å². The van der Waals surface area contributed by atoms with Crippen molar-refractivity contribution in [1.82, 2.24) is 4.90 Å². The highest BCUT2D eigenvalue weighted by Crippen LogP contribution is 2.21. The van der Waals surface area contributed by atoms with E-state index >= 15 is 0 Å². The van der Waals surface area contributed by atoms with Gasteiger partial charge in [-0.3, -0.25) is 4.79 Å². The first kappa shape index (κ1) is 13.6. The fourth-order valence-corrected chi connectivity index (χ4v) is 2.67. The van der Waals surface area contributed by atoms with Crippen LogP contribution in [0, 0.1) is 12.8 Å². The van der Waals surface area contributed by atoms with E-state index in [4.69, 9.17) is 0 Å². The van der Waals surface area contributed by atoms with E-state index in [2.05, 4.69) is 22.9 Å². The molecular formula is C15H20BrNO. The quantitative estimate of drug-likeness (QED) is 0.767. The summed E-state index contributed by atoms with van der Waals surface area (Å²) in [7, 11) is 0. The van der Waals surface area contributed by atoms with E-state index in [9.17, 15) is 4.79 Å². The monoisotopic (exact) mass is 309 g/mol. The molecule has 1 aliphatic heterocycles. The van der Waals surface area contributed by atoms with Crippen LogP contribution in [0.15, 0.2) is 22.7 Å². The number of hydrogen-bond acceptors (Lipinski definition) is 1. The molecule has 0 N–H and O–H groups in total. The van der Waals surface area contributed by atoms with Gasteiger partial charge in [0.2, 0.25) is 0 Å². The van der Waals surface area contributed by atoms with E-state index in [1.54, 1.807) is 0 Å². The Labute approximate surface area is 117 Å². The molecular weight excluding hydrogens is 290 g/mol. The average Bonchev–Trinajstić information content (AvgIpc) is 2.57. The number of hydrogen-bond donors (Lipinski definition) is 0. The predicted octanol–water partition coefficient (Wildman–Crippen LogP) is 4.02. The molecule has 18 heavy (non-hydrogen) atoms. The number of rotatable bonds is 1. The second-order valence-corrected chi connectivity index (χ2v) is 6.15. The molecule has 1 aliphatic rings. The first-order chi connectivity index (χ1) is 8.58. The zero-order valence-electron chi connectivity index (χ0n) is 11.1. The maximum atomic E-state index is 12.4. The lowest BCUT2D eigenvalue weighted by Gasteiger charge is -2.20. The third-order valence-electron chi connectivity index (χ3n) is 3.71. The van der Waals surface area contributed by atoms with Crippen molar-refractivity contribution >= 4 is 21.8 Å². The van der Waals surface area contributed by atoms with Gasteiger partial charge in [-0.2, -0.15) is 0 Å². The third-order valence-corrected chi connectivity index (χ3v) is 4.60. The number of halogens is 1.